The summed E-state index contributed by atoms with van der Waals surface area (Å²) >= 11 is 0. The van der Waals surface area contributed by atoms with Crippen LogP contribution in [0.1, 0.15) is 36.7 Å². The molecule has 134 valence electrons. The number of methoxy groups -OCH3 is 1. The molecule has 2 N–H and O–H groups in total. The van der Waals surface area contributed by atoms with E-state index in [2.05, 4.69) is 5.32 Å². The van der Waals surface area contributed by atoms with Gasteiger partial charge in [0.2, 0.25) is 5.91 Å². The number of benzene rings is 1. The summed E-state index contributed by atoms with van der Waals surface area (Å²) in [5, 5.41) is 12.3. The number of carboxylic acid groups (broad SMARTS) is 1. The standard InChI is InChI=1S/C19H23NO5/c1-11(8-18(21)20-7-5-6-19(22)23)14-9-15-12(2)13(3)25-17(15)10-16(14)24-4/h8-10H,5-7H2,1-4H3,(H,20,21)(H,22,23)/b11-8+. The highest BCUT2D eigenvalue weighted by Gasteiger charge is 2.14. The lowest BCUT2D eigenvalue weighted by molar-refractivity contribution is -0.137. The minimum atomic E-state index is -0.871. The van der Waals surface area contributed by atoms with E-state index in [9.17, 15) is 9.59 Å². The quantitative estimate of drug-likeness (QED) is 0.593. The summed E-state index contributed by atoms with van der Waals surface area (Å²) in [7, 11) is 1.58. The van der Waals surface area contributed by atoms with Gasteiger partial charge in [-0.3, -0.25) is 9.59 Å². The average Bonchev–Trinajstić information content (AvgIpc) is 2.84. The second-order valence-corrected chi connectivity index (χ2v) is 5.95. The van der Waals surface area contributed by atoms with Gasteiger partial charge in [-0.1, -0.05) is 0 Å². The van der Waals surface area contributed by atoms with Crippen LogP contribution in [-0.2, 0) is 9.59 Å². The summed E-state index contributed by atoms with van der Waals surface area (Å²) in [5.74, 6) is 0.357. The molecule has 0 saturated carbocycles. The molecule has 1 amide bonds. The summed E-state index contributed by atoms with van der Waals surface area (Å²) in [6, 6.07) is 3.79. The van der Waals surface area contributed by atoms with Crippen molar-refractivity contribution < 1.29 is 23.8 Å². The van der Waals surface area contributed by atoms with Gasteiger partial charge in [-0.15, -0.1) is 0 Å². The molecule has 0 aliphatic rings. The van der Waals surface area contributed by atoms with Gasteiger partial charge in [-0.05, 0) is 44.4 Å². The van der Waals surface area contributed by atoms with Crippen LogP contribution >= 0.6 is 0 Å². The van der Waals surface area contributed by atoms with E-state index in [1.54, 1.807) is 7.11 Å². The first-order chi connectivity index (χ1) is 11.8. The number of carbonyl (C=O) groups excluding carboxylic acids is 1. The Bertz CT molecular complexity index is 832. The molecule has 0 saturated heterocycles. The number of amides is 1. The van der Waals surface area contributed by atoms with Crippen LogP contribution in [0.25, 0.3) is 16.5 Å². The summed E-state index contributed by atoms with van der Waals surface area (Å²) in [4.78, 5) is 22.5. The van der Waals surface area contributed by atoms with Gasteiger partial charge in [0.05, 0.1) is 7.11 Å². The second kappa shape index (κ2) is 7.88. The van der Waals surface area contributed by atoms with Crippen molar-refractivity contribution in [1.29, 1.82) is 0 Å². The maximum atomic E-state index is 12.0. The molecule has 6 nitrogen and oxygen atoms in total. The Hall–Kier alpha value is -2.76. The van der Waals surface area contributed by atoms with E-state index < -0.39 is 5.97 Å². The van der Waals surface area contributed by atoms with E-state index in [0.717, 1.165) is 33.4 Å². The lowest BCUT2D eigenvalue weighted by atomic mass is 10.0. The highest BCUT2D eigenvalue weighted by molar-refractivity contribution is 5.97. The van der Waals surface area contributed by atoms with Gasteiger partial charge < -0.3 is 19.6 Å². The van der Waals surface area contributed by atoms with Crippen LogP contribution in [0, 0.1) is 13.8 Å². The zero-order valence-electron chi connectivity index (χ0n) is 14.9. The number of fused-ring (bicyclic) bond motifs is 1. The number of allylic oxidation sites excluding steroid dienone is 1. The molecule has 0 radical (unpaired) electrons. The third-order valence-electron chi connectivity index (χ3n) is 4.14. The number of nitrogens with one attached hydrogen (secondary N) is 1. The van der Waals surface area contributed by atoms with E-state index in [0.29, 0.717) is 18.7 Å². The summed E-state index contributed by atoms with van der Waals surface area (Å²) in [6.45, 7) is 6.06. The van der Waals surface area contributed by atoms with Crippen LogP contribution < -0.4 is 10.1 Å². The molecule has 1 heterocycles. The molecule has 0 bridgehead atoms. The lowest BCUT2D eigenvalue weighted by Gasteiger charge is -2.10. The van der Waals surface area contributed by atoms with Crippen LogP contribution in [0.15, 0.2) is 22.6 Å². The first kappa shape index (κ1) is 18.6. The van der Waals surface area contributed by atoms with Gasteiger partial charge in [0.25, 0.3) is 0 Å². The molecule has 0 spiro atoms. The van der Waals surface area contributed by atoms with Crippen molar-refractivity contribution in [3.05, 3.63) is 35.1 Å². The van der Waals surface area contributed by atoms with E-state index >= 15 is 0 Å². The highest BCUT2D eigenvalue weighted by atomic mass is 16.5. The maximum Gasteiger partial charge on any atom is 0.303 e. The molecule has 2 aromatic rings. The van der Waals surface area contributed by atoms with Crippen LogP contribution in [0.4, 0.5) is 0 Å². The second-order valence-electron chi connectivity index (χ2n) is 5.95. The molecular formula is C19H23NO5. The molecule has 1 aromatic carbocycles. The van der Waals surface area contributed by atoms with E-state index in [-0.39, 0.29) is 12.3 Å². The van der Waals surface area contributed by atoms with Gasteiger partial charge in [-0.2, -0.15) is 0 Å². The fraction of sp³-hybridized carbons (Fsp3) is 0.368. The number of rotatable bonds is 7. The monoisotopic (exact) mass is 345 g/mol. The summed E-state index contributed by atoms with van der Waals surface area (Å²) in [5.41, 5.74) is 3.39. The van der Waals surface area contributed by atoms with Gasteiger partial charge in [0.15, 0.2) is 0 Å². The van der Waals surface area contributed by atoms with Gasteiger partial charge in [0, 0.05) is 36.1 Å². The minimum Gasteiger partial charge on any atom is -0.496 e. The third-order valence-corrected chi connectivity index (χ3v) is 4.14. The van der Waals surface area contributed by atoms with Crippen LogP contribution in [0.3, 0.4) is 0 Å². The molecule has 0 aliphatic heterocycles. The Morgan fingerprint density at radius 1 is 1.32 bits per heavy atom. The Labute approximate surface area is 146 Å². The number of aryl methyl sites for hydroxylation is 2. The fourth-order valence-electron chi connectivity index (χ4n) is 2.62. The molecule has 0 unspecified atom stereocenters. The molecule has 25 heavy (non-hydrogen) atoms. The predicted molar refractivity (Wildman–Crippen MR) is 95.8 cm³/mol. The van der Waals surface area contributed by atoms with Gasteiger partial charge in [0.1, 0.15) is 17.1 Å². The molecule has 0 aliphatic carbocycles. The highest BCUT2D eigenvalue weighted by Crippen LogP contribution is 2.34. The number of carbonyl (C=O) groups is 2. The predicted octanol–water partition coefficient (Wildman–Crippen LogP) is 3.44. The van der Waals surface area contributed by atoms with Gasteiger partial charge in [-0.25, -0.2) is 0 Å². The maximum absolute atomic E-state index is 12.0. The Morgan fingerprint density at radius 2 is 2.04 bits per heavy atom. The van der Waals surface area contributed by atoms with Crippen molar-refractivity contribution >= 4 is 28.4 Å². The summed E-state index contributed by atoms with van der Waals surface area (Å²) in [6.07, 6.45) is 1.93. The van der Waals surface area contributed by atoms with E-state index in [1.165, 1.54) is 6.08 Å². The SMILES string of the molecule is COc1cc2oc(C)c(C)c2cc1/C(C)=C/C(=O)NCCCC(=O)O. The Morgan fingerprint density at radius 3 is 2.68 bits per heavy atom. The fourth-order valence-corrected chi connectivity index (χ4v) is 2.62. The zero-order valence-corrected chi connectivity index (χ0v) is 14.9. The number of aliphatic carboxylic acids is 1. The van der Waals surface area contributed by atoms with Gasteiger partial charge >= 0.3 is 5.97 Å². The molecule has 0 atom stereocenters. The van der Waals surface area contributed by atoms with Crippen molar-refractivity contribution in [2.45, 2.75) is 33.6 Å². The number of furan rings is 1. The Balaban J connectivity index is 2.22. The van der Waals surface area contributed by atoms with Crippen molar-refractivity contribution in [3.63, 3.8) is 0 Å². The van der Waals surface area contributed by atoms with Crippen LogP contribution in [0.2, 0.25) is 0 Å². The number of carboxylic acids is 1. The molecule has 2 rings (SSSR count). The van der Waals surface area contributed by atoms with Crippen molar-refractivity contribution in [2.24, 2.45) is 0 Å². The Kier molecular flexibility index (Phi) is 5.85. The lowest BCUT2D eigenvalue weighted by Crippen LogP contribution is -2.23. The van der Waals surface area contributed by atoms with Crippen LogP contribution in [-0.4, -0.2) is 30.6 Å². The summed E-state index contributed by atoms with van der Waals surface area (Å²) < 4.78 is 11.1. The van der Waals surface area contributed by atoms with Crippen molar-refractivity contribution in [1.82, 2.24) is 5.32 Å². The number of hydrogen-bond acceptors (Lipinski definition) is 4. The minimum absolute atomic E-state index is 0.0343. The molecule has 6 heteroatoms. The molecular weight excluding hydrogens is 322 g/mol. The van der Waals surface area contributed by atoms with E-state index in [1.807, 2.05) is 32.9 Å². The van der Waals surface area contributed by atoms with E-state index in [4.69, 9.17) is 14.3 Å². The topological polar surface area (TPSA) is 88.8 Å². The first-order valence-corrected chi connectivity index (χ1v) is 8.09. The zero-order chi connectivity index (χ0) is 18.6. The van der Waals surface area contributed by atoms with Crippen molar-refractivity contribution in [2.75, 3.05) is 13.7 Å². The molecule has 0 fully saturated rings. The first-order valence-electron chi connectivity index (χ1n) is 8.09. The number of ether oxygens (including phenoxy) is 1. The number of hydrogen-bond donors (Lipinski definition) is 2. The third kappa shape index (κ3) is 4.41. The normalized spacial score (nSPS) is 11.6. The van der Waals surface area contributed by atoms with Crippen molar-refractivity contribution in [3.8, 4) is 5.75 Å². The largest absolute Gasteiger partial charge is 0.496 e. The smallest absolute Gasteiger partial charge is 0.303 e. The van der Waals surface area contributed by atoms with Crippen LogP contribution in [0.5, 0.6) is 5.75 Å². The molecule has 1 aromatic heterocycles. The average molecular weight is 345 g/mol.